The highest BCUT2D eigenvalue weighted by Gasteiger charge is 2.48. The van der Waals surface area contributed by atoms with Gasteiger partial charge in [0, 0.05) is 65.8 Å². The Balaban J connectivity index is 1.15. The summed E-state index contributed by atoms with van der Waals surface area (Å²) in [6.07, 6.45) is 2.29. The van der Waals surface area contributed by atoms with Crippen molar-refractivity contribution in [1.29, 1.82) is 0 Å². The average Bonchev–Trinajstić information content (AvgIpc) is 3.73. The number of hydrogen-bond acceptors (Lipinski definition) is 5. The minimum absolute atomic E-state index is 0.00522. The van der Waals surface area contributed by atoms with Crippen LogP contribution in [0, 0.1) is 6.92 Å². The Labute approximate surface area is 421 Å². The third kappa shape index (κ3) is 6.29. The maximum atomic E-state index is 6.92. The second-order valence-electron chi connectivity index (χ2n) is 22.8. The first kappa shape index (κ1) is 42.6. The molecule has 4 heterocycles. The number of fused-ring (bicyclic) bond motifs is 12. The number of anilines is 5. The molecule has 0 atom stereocenters. The van der Waals surface area contributed by atoms with Crippen LogP contribution in [0.15, 0.2) is 164 Å². The molecule has 1 aromatic heterocycles. The zero-order chi connectivity index (χ0) is 48.3. The number of para-hydroxylation sites is 2. The van der Waals surface area contributed by atoms with Crippen LogP contribution < -0.4 is 30.1 Å². The lowest BCUT2D eigenvalue weighted by Gasteiger charge is -2.48. The van der Waals surface area contributed by atoms with E-state index in [0.717, 1.165) is 46.9 Å². The lowest BCUT2D eigenvalue weighted by Crippen LogP contribution is -2.61. The normalized spacial score (nSPS) is 15.9. The molecule has 0 radical (unpaired) electrons. The zero-order valence-electron chi connectivity index (χ0n) is 41.7. The molecule has 1 aliphatic carbocycles. The standard InChI is InChI=1S/C65H55BN2O2S/c1-38-30-47-48(65(7,8)29-28-64(47,5)6)34-51(38)67-53-36-58-57(69-55-23-15-16-24-56(55)70-58)35-49(53)66-62-54(67)31-40-20-12-13-21-42(40)61(62)46-33-45-43-22-14-17-25-59(43)71-60(45)37-52(46)68(66)50-27-26-41(63(2,3)4)32-44(50)39-18-10-9-11-19-39/h9-27,30-37H,28-29H2,1-8H3. The monoisotopic (exact) mass is 938 g/mol. The van der Waals surface area contributed by atoms with Gasteiger partial charge < -0.3 is 19.2 Å². The Morgan fingerprint density at radius 2 is 1.18 bits per heavy atom. The number of aryl methyl sites for hydroxylation is 1. The van der Waals surface area contributed by atoms with Gasteiger partial charge >= 0.3 is 6.85 Å². The molecule has 10 aromatic rings. The fourth-order valence-electron chi connectivity index (χ4n) is 12.5. The molecule has 6 heteroatoms. The van der Waals surface area contributed by atoms with Crippen molar-refractivity contribution in [2.45, 2.75) is 84.5 Å². The van der Waals surface area contributed by atoms with Gasteiger partial charge in [-0.25, -0.2) is 0 Å². The molecular formula is C65H55BN2O2S. The molecule has 0 saturated heterocycles. The summed E-state index contributed by atoms with van der Waals surface area (Å²) in [5.74, 6) is 2.87. The van der Waals surface area contributed by atoms with Crippen LogP contribution >= 0.6 is 11.3 Å². The van der Waals surface area contributed by atoms with Crippen LogP contribution in [0.2, 0.25) is 0 Å². The van der Waals surface area contributed by atoms with Gasteiger partial charge in [-0.3, -0.25) is 0 Å². The molecule has 0 unspecified atom stereocenters. The molecule has 0 bridgehead atoms. The van der Waals surface area contributed by atoms with E-state index >= 15 is 0 Å². The maximum absolute atomic E-state index is 6.92. The first-order valence-corrected chi connectivity index (χ1v) is 26.1. The van der Waals surface area contributed by atoms with Crippen LogP contribution in [-0.2, 0) is 16.2 Å². The Bertz CT molecular complexity index is 3920. The summed E-state index contributed by atoms with van der Waals surface area (Å²) in [5, 5.41) is 5.05. The first-order valence-electron chi connectivity index (χ1n) is 25.3. The highest BCUT2D eigenvalue weighted by molar-refractivity contribution is 7.25. The van der Waals surface area contributed by atoms with Crippen molar-refractivity contribution in [3.8, 4) is 45.3 Å². The largest absolute Gasteiger partial charge is 0.450 e. The molecule has 0 saturated carbocycles. The minimum atomic E-state index is -0.266. The topological polar surface area (TPSA) is 24.9 Å². The van der Waals surface area contributed by atoms with Gasteiger partial charge in [0.1, 0.15) is 0 Å². The second-order valence-corrected chi connectivity index (χ2v) is 23.9. The van der Waals surface area contributed by atoms with Gasteiger partial charge in [-0.2, -0.15) is 0 Å². The van der Waals surface area contributed by atoms with E-state index in [-0.39, 0.29) is 23.1 Å². The predicted octanol–water partition coefficient (Wildman–Crippen LogP) is 17.4. The van der Waals surface area contributed by atoms with E-state index in [9.17, 15) is 0 Å². The maximum Gasteiger partial charge on any atom is 0.333 e. The molecule has 346 valence electrons. The molecule has 0 N–H and O–H groups in total. The van der Waals surface area contributed by atoms with E-state index < -0.39 is 0 Å². The molecule has 9 aromatic carbocycles. The van der Waals surface area contributed by atoms with Crippen molar-refractivity contribution in [3.05, 3.63) is 186 Å². The van der Waals surface area contributed by atoms with Crippen molar-refractivity contribution < 1.29 is 9.47 Å². The predicted molar refractivity (Wildman–Crippen MR) is 301 cm³/mol. The molecule has 0 fully saturated rings. The number of benzene rings is 9. The fourth-order valence-corrected chi connectivity index (χ4v) is 13.6. The van der Waals surface area contributed by atoms with E-state index in [2.05, 4.69) is 205 Å². The summed E-state index contributed by atoms with van der Waals surface area (Å²) in [4.78, 5) is 5.29. The number of ether oxygens (including phenoxy) is 2. The summed E-state index contributed by atoms with van der Waals surface area (Å²) in [7, 11) is 0. The highest BCUT2D eigenvalue weighted by Crippen LogP contribution is 2.56. The van der Waals surface area contributed by atoms with E-state index in [4.69, 9.17) is 9.47 Å². The van der Waals surface area contributed by atoms with Gasteiger partial charge in [-0.15, -0.1) is 11.3 Å². The molecule has 0 spiro atoms. The number of nitrogens with zero attached hydrogens (tertiary/aromatic N) is 2. The minimum Gasteiger partial charge on any atom is -0.450 e. The Kier molecular flexibility index (Phi) is 8.93. The van der Waals surface area contributed by atoms with Crippen LogP contribution in [0.3, 0.4) is 0 Å². The van der Waals surface area contributed by atoms with Crippen LogP contribution in [-0.4, -0.2) is 6.85 Å². The van der Waals surface area contributed by atoms with Crippen LogP contribution in [0.1, 0.15) is 83.6 Å². The van der Waals surface area contributed by atoms with Crippen LogP contribution in [0.5, 0.6) is 23.0 Å². The second kappa shape index (κ2) is 14.9. The highest BCUT2D eigenvalue weighted by atomic mass is 32.1. The summed E-state index contributed by atoms with van der Waals surface area (Å²) in [5.41, 5.74) is 18.6. The smallest absolute Gasteiger partial charge is 0.333 e. The van der Waals surface area contributed by atoms with Crippen molar-refractivity contribution in [1.82, 2.24) is 0 Å². The summed E-state index contributed by atoms with van der Waals surface area (Å²) in [6, 6.07) is 61.4. The van der Waals surface area contributed by atoms with Crippen molar-refractivity contribution in [2.24, 2.45) is 0 Å². The van der Waals surface area contributed by atoms with Gasteiger partial charge in [0.15, 0.2) is 23.0 Å². The van der Waals surface area contributed by atoms with E-state index in [1.54, 1.807) is 0 Å². The van der Waals surface area contributed by atoms with E-state index in [0.29, 0.717) is 5.75 Å². The lowest BCUT2D eigenvalue weighted by atomic mass is 9.43. The molecule has 4 aliphatic rings. The lowest BCUT2D eigenvalue weighted by molar-refractivity contribution is 0.332. The Morgan fingerprint density at radius 3 is 1.93 bits per heavy atom. The van der Waals surface area contributed by atoms with E-state index in [1.807, 2.05) is 35.6 Å². The third-order valence-corrected chi connectivity index (χ3v) is 17.5. The molecular weight excluding hydrogens is 884 g/mol. The van der Waals surface area contributed by atoms with Crippen LogP contribution in [0.25, 0.3) is 53.2 Å². The Morgan fingerprint density at radius 1 is 0.521 bits per heavy atom. The van der Waals surface area contributed by atoms with Crippen molar-refractivity contribution >= 4 is 88.5 Å². The number of rotatable bonds is 3. The third-order valence-electron chi connectivity index (χ3n) is 16.4. The summed E-state index contributed by atoms with van der Waals surface area (Å²) in [6.45, 7) is 18.8. The van der Waals surface area contributed by atoms with Crippen molar-refractivity contribution in [2.75, 3.05) is 9.71 Å². The molecule has 0 amide bonds. The Hall–Kier alpha value is -7.28. The first-order chi connectivity index (χ1) is 34.2. The van der Waals surface area contributed by atoms with Gasteiger partial charge in [-0.1, -0.05) is 146 Å². The van der Waals surface area contributed by atoms with E-state index in [1.165, 1.54) is 98.0 Å². The van der Waals surface area contributed by atoms with Crippen molar-refractivity contribution in [3.63, 3.8) is 0 Å². The van der Waals surface area contributed by atoms with Gasteiger partial charge in [-0.05, 0) is 152 Å². The summed E-state index contributed by atoms with van der Waals surface area (Å²) >= 11 is 1.89. The molecule has 71 heavy (non-hydrogen) atoms. The fraction of sp³-hybridized carbons (Fsp3) is 0.200. The zero-order valence-corrected chi connectivity index (χ0v) is 42.5. The SMILES string of the molecule is Cc1cc2c(cc1N1c3cc4c(cc3B3c5c1cc1ccccc1c5-c1cc5c(cc1N3c1ccc(C(C)(C)C)cc1-c1ccccc1)sc1ccccc15)Oc1ccccc1O4)C(C)(C)CCC2(C)C. The van der Waals surface area contributed by atoms with Gasteiger partial charge in [0.25, 0.3) is 0 Å². The number of hydrogen-bond donors (Lipinski definition) is 0. The molecule has 4 nitrogen and oxygen atoms in total. The average molecular weight is 939 g/mol. The molecule has 3 aliphatic heterocycles. The number of thiophene rings is 1. The molecule has 14 rings (SSSR count). The van der Waals surface area contributed by atoms with Gasteiger partial charge in [0.2, 0.25) is 0 Å². The van der Waals surface area contributed by atoms with Gasteiger partial charge in [0.05, 0.1) is 0 Å². The van der Waals surface area contributed by atoms with Crippen LogP contribution in [0.4, 0.5) is 28.4 Å². The quantitative estimate of drug-likeness (QED) is 0.165. The summed E-state index contributed by atoms with van der Waals surface area (Å²) < 4.78 is 16.4.